The summed E-state index contributed by atoms with van der Waals surface area (Å²) in [6, 6.07) is 11.9. The number of rotatable bonds is 3. The van der Waals surface area contributed by atoms with Gasteiger partial charge in [0.05, 0.1) is 19.4 Å². The highest BCUT2D eigenvalue weighted by molar-refractivity contribution is 6.17. The Morgan fingerprint density at radius 3 is 2.67 bits per heavy atom. The summed E-state index contributed by atoms with van der Waals surface area (Å²) in [5.41, 5.74) is 5.60. The molecule has 0 spiro atoms. The first kappa shape index (κ1) is 17.2. The van der Waals surface area contributed by atoms with Crippen LogP contribution in [0.15, 0.2) is 65.3 Å². The molecule has 1 atom stereocenters. The SMILES string of the molecule is COc1ccc2c(c1)C1=CN(C)C(C=O)C=C1CN=C2c1ccc(F)cc1. The predicted octanol–water partition coefficient (Wildman–Crippen LogP) is 3.47. The molecule has 0 fully saturated rings. The lowest BCUT2D eigenvalue weighted by Gasteiger charge is -2.27. The summed E-state index contributed by atoms with van der Waals surface area (Å²) in [5.74, 6) is 0.465. The van der Waals surface area contributed by atoms with Crippen molar-refractivity contribution < 1.29 is 13.9 Å². The molecule has 2 aliphatic rings. The minimum Gasteiger partial charge on any atom is -0.497 e. The van der Waals surface area contributed by atoms with Gasteiger partial charge in [-0.1, -0.05) is 0 Å². The Kier molecular flexibility index (Phi) is 4.36. The lowest BCUT2D eigenvalue weighted by Crippen LogP contribution is -2.30. The highest BCUT2D eigenvalue weighted by Crippen LogP contribution is 2.36. The third-order valence-electron chi connectivity index (χ3n) is 4.96. The molecule has 0 bridgehead atoms. The van der Waals surface area contributed by atoms with Gasteiger partial charge in [0.1, 0.15) is 23.9 Å². The van der Waals surface area contributed by atoms with Gasteiger partial charge in [0.15, 0.2) is 0 Å². The fourth-order valence-corrected chi connectivity index (χ4v) is 3.49. The zero-order valence-electron chi connectivity index (χ0n) is 15.1. The van der Waals surface area contributed by atoms with E-state index in [2.05, 4.69) is 0 Å². The van der Waals surface area contributed by atoms with Crippen LogP contribution in [0.3, 0.4) is 0 Å². The van der Waals surface area contributed by atoms with Crippen molar-refractivity contribution in [1.29, 1.82) is 0 Å². The lowest BCUT2D eigenvalue weighted by atomic mass is 9.89. The number of ether oxygens (including phenoxy) is 1. The summed E-state index contributed by atoms with van der Waals surface area (Å²) >= 11 is 0. The Balaban J connectivity index is 1.93. The average molecular weight is 362 g/mol. The molecule has 2 heterocycles. The summed E-state index contributed by atoms with van der Waals surface area (Å²) in [5, 5.41) is 0. The van der Waals surface area contributed by atoms with E-state index >= 15 is 0 Å². The fourth-order valence-electron chi connectivity index (χ4n) is 3.49. The molecule has 0 saturated heterocycles. The van der Waals surface area contributed by atoms with Crippen molar-refractivity contribution in [3.63, 3.8) is 0 Å². The van der Waals surface area contributed by atoms with Crippen LogP contribution in [0.4, 0.5) is 4.39 Å². The van der Waals surface area contributed by atoms with E-state index in [0.717, 1.165) is 45.6 Å². The molecule has 2 aliphatic heterocycles. The number of methoxy groups -OCH3 is 1. The minimum atomic E-state index is -0.305. The first-order chi connectivity index (χ1) is 13.1. The van der Waals surface area contributed by atoms with Gasteiger partial charge in [-0.25, -0.2) is 4.39 Å². The molecule has 0 aliphatic carbocycles. The Labute approximate surface area is 157 Å². The number of carbonyl (C=O) groups is 1. The Morgan fingerprint density at radius 1 is 1.19 bits per heavy atom. The molecule has 0 amide bonds. The zero-order chi connectivity index (χ0) is 19.0. The van der Waals surface area contributed by atoms with Crippen LogP contribution >= 0.6 is 0 Å². The number of hydrogen-bond acceptors (Lipinski definition) is 4. The number of halogens is 1. The number of aldehydes is 1. The van der Waals surface area contributed by atoms with Gasteiger partial charge in [0, 0.05) is 29.9 Å². The van der Waals surface area contributed by atoms with Crippen molar-refractivity contribution in [3.8, 4) is 5.75 Å². The van der Waals surface area contributed by atoms with E-state index in [0.29, 0.717) is 6.54 Å². The van der Waals surface area contributed by atoms with Crippen LogP contribution in [-0.4, -0.2) is 43.6 Å². The van der Waals surface area contributed by atoms with Crippen LogP contribution in [0.25, 0.3) is 5.57 Å². The number of nitrogens with zero attached hydrogens (tertiary/aromatic N) is 2. The highest BCUT2D eigenvalue weighted by Gasteiger charge is 2.26. The molecule has 0 radical (unpaired) electrons. The molecule has 0 aromatic heterocycles. The van der Waals surface area contributed by atoms with E-state index in [1.54, 1.807) is 19.2 Å². The van der Waals surface area contributed by atoms with Gasteiger partial charge in [-0.2, -0.15) is 0 Å². The largest absolute Gasteiger partial charge is 0.497 e. The third-order valence-corrected chi connectivity index (χ3v) is 4.96. The molecule has 1 unspecified atom stereocenters. The summed E-state index contributed by atoms with van der Waals surface area (Å²) in [6.45, 7) is 0.452. The van der Waals surface area contributed by atoms with Crippen molar-refractivity contribution in [1.82, 2.24) is 4.90 Å². The van der Waals surface area contributed by atoms with Crippen LogP contribution in [0.1, 0.15) is 16.7 Å². The quantitative estimate of drug-likeness (QED) is 0.785. The van der Waals surface area contributed by atoms with Gasteiger partial charge < -0.3 is 14.4 Å². The lowest BCUT2D eigenvalue weighted by molar-refractivity contribution is -0.110. The predicted molar refractivity (Wildman–Crippen MR) is 104 cm³/mol. The monoisotopic (exact) mass is 362 g/mol. The van der Waals surface area contributed by atoms with E-state index in [9.17, 15) is 9.18 Å². The number of fused-ring (bicyclic) bond motifs is 3. The molecule has 4 nitrogen and oxygen atoms in total. The summed E-state index contributed by atoms with van der Waals surface area (Å²) in [7, 11) is 3.51. The van der Waals surface area contributed by atoms with E-state index in [1.165, 1.54) is 12.1 Å². The topological polar surface area (TPSA) is 41.9 Å². The molecule has 5 heteroatoms. The van der Waals surface area contributed by atoms with E-state index < -0.39 is 0 Å². The standard InChI is InChI=1S/C22H19FN2O2/c1-25-12-21-15(9-17(25)13-26)11-24-22(14-3-5-16(23)6-4-14)19-8-7-18(27-2)10-20(19)21/h3-10,12-13,17H,11H2,1-2H3. The minimum absolute atomic E-state index is 0.280. The van der Waals surface area contributed by atoms with Gasteiger partial charge in [-0.05, 0) is 59.7 Å². The molecule has 0 N–H and O–H groups in total. The first-order valence-corrected chi connectivity index (χ1v) is 8.70. The molecular weight excluding hydrogens is 343 g/mol. The number of benzene rings is 2. The molecule has 2 aromatic rings. The van der Waals surface area contributed by atoms with Crippen molar-refractivity contribution in [2.45, 2.75) is 6.04 Å². The number of likely N-dealkylation sites (N-methyl/N-ethyl adjacent to an activating group) is 1. The van der Waals surface area contributed by atoms with E-state index in [-0.39, 0.29) is 11.9 Å². The maximum atomic E-state index is 13.4. The molecule has 136 valence electrons. The van der Waals surface area contributed by atoms with Gasteiger partial charge in [0.25, 0.3) is 0 Å². The Morgan fingerprint density at radius 2 is 1.96 bits per heavy atom. The van der Waals surface area contributed by atoms with Crippen LogP contribution in [-0.2, 0) is 4.79 Å². The Hall–Kier alpha value is -3.21. The second-order valence-corrected chi connectivity index (χ2v) is 6.61. The fraction of sp³-hybridized carbons (Fsp3) is 0.182. The van der Waals surface area contributed by atoms with Crippen LogP contribution in [0, 0.1) is 5.82 Å². The normalized spacial score (nSPS) is 18.4. The maximum Gasteiger partial charge on any atom is 0.146 e. The third kappa shape index (κ3) is 3.05. The van der Waals surface area contributed by atoms with Gasteiger partial charge in [-0.3, -0.25) is 4.99 Å². The Bertz CT molecular complexity index is 990. The van der Waals surface area contributed by atoms with E-state index in [1.807, 2.05) is 42.4 Å². The van der Waals surface area contributed by atoms with Crippen LogP contribution < -0.4 is 4.74 Å². The molecular formula is C22H19FN2O2. The number of aliphatic imine (C=N–C) groups is 1. The number of carbonyl (C=O) groups excluding carboxylic acids is 1. The van der Waals surface area contributed by atoms with Crippen molar-refractivity contribution in [2.75, 3.05) is 20.7 Å². The average Bonchev–Trinajstić information content (AvgIpc) is 2.84. The molecule has 27 heavy (non-hydrogen) atoms. The van der Waals surface area contributed by atoms with Crippen molar-refractivity contribution >= 4 is 17.6 Å². The molecule has 4 rings (SSSR count). The van der Waals surface area contributed by atoms with Crippen molar-refractivity contribution in [3.05, 3.63) is 82.8 Å². The molecule has 2 aromatic carbocycles. The first-order valence-electron chi connectivity index (χ1n) is 8.70. The van der Waals surface area contributed by atoms with Gasteiger partial charge in [-0.15, -0.1) is 0 Å². The second-order valence-electron chi connectivity index (χ2n) is 6.61. The highest BCUT2D eigenvalue weighted by atomic mass is 19.1. The number of hydrogen-bond donors (Lipinski definition) is 0. The summed E-state index contributed by atoms with van der Waals surface area (Å²) in [4.78, 5) is 18.1. The van der Waals surface area contributed by atoms with Crippen LogP contribution in [0.5, 0.6) is 5.75 Å². The van der Waals surface area contributed by atoms with E-state index in [4.69, 9.17) is 9.73 Å². The maximum absolute atomic E-state index is 13.4. The van der Waals surface area contributed by atoms with Crippen LogP contribution in [0.2, 0.25) is 0 Å². The smallest absolute Gasteiger partial charge is 0.146 e. The second kappa shape index (κ2) is 6.83. The summed E-state index contributed by atoms with van der Waals surface area (Å²) < 4.78 is 18.8. The van der Waals surface area contributed by atoms with Gasteiger partial charge in [0.2, 0.25) is 0 Å². The molecule has 0 saturated carbocycles. The van der Waals surface area contributed by atoms with Gasteiger partial charge >= 0.3 is 0 Å². The van der Waals surface area contributed by atoms with Crippen molar-refractivity contribution in [2.24, 2.45) is 4.99 Å². The zero-order valence-corrected chi connectivity index (χ0v) is 15.1. The summed E-state index contributed by atoms with van der Waals surface area (Å²) in [6.07, 6.45) is 4.85.